The van der Waals surface area contributed by atoms with Crippen LogP contribution < -0.4 is 10.0 Å². The average Bonchev–Trinajstić information content (AvgIpc) is 2.90. The number of hydrogen-bond donors (Lipinski definition) is 2. The van der Waals surface area contributed by atoms with Crippen molar-refractivity contribution in [2.45, 2.75) is 19.9 Å². The Kier molecular flexibility index (Phi) is 6.97. The van der Waals surface area contributed by atoms with Gasteiger partial charge in [-0.1, -0.05) is 0 Å². The van der Waals surface area contributed by atoms with E-state index in [-0.39, 0.29) is 11.8 Å². The van der Waals surface area contributed by atoms with Crippen molar-refractivity contribution >= 4 is 27.4 Å². The molecule has 0 spiro atoms. The molecule has 2 N–H and O–H groups in total. The SMILES string of the molecule is CCS(=O)(=O)NCCCNC(=O)N(C)Cc1ccsc1. The molecule has 6 nitrogen and oxygen atoms in total. The van der Waals surface area contributed by atoms with E-state index in [1.54, 1.807) is 30.2 Å². The highest BCUT2D eigenvalue weighted by Crippen LogP contribution is 2.08. The van der Waals surface area contributed by atoms with E-state index in [9.17, 15) is 13.2 Å². The summed E-state index contributed by atoms with van der Waals surface area (Å²) in [6.07, 6.45) is 0.567. The Morgan fingerprint density at radius 2 is 2.15 bits per heavy atom. The average molecular weight is 319 g/mol. The van der Waals surface area contributed by atoms with Crippen molar-refractivity contribution in [3.63, 3.8) is 0 Å². The monoisotopic (exact) mass is 319 g/mol. The normalized spacial score (nSPS) is 11.3. The van der Waals surface area contributed by atoms with Crippen LogP contribution in [0.1, 0.15) is 18.9 Å². The van der Waals surface area contributed by atoms with Crippen molar-refractivity contribution in [1.82, 2.24) is 14.9 Å². The maximum atomic E-state index is 11.8. The molecule has 114 valence electrons. The lowest BCUT2D eigenvalue weighted by molar-refractivity contribution is 0.207. The van der Waals surface area contributed by atoms with E-state index >= 15 is 0 Å². The third-order valence-electron chi connectivity index (χ3n) is 2.68. The van der Waals surface area contributed by atoms with Gasteiger partial charge in [0.15, 0.2) is 0 Å². The molecular weight excluding hydrogens is 298 g/mol. The number of thiophene rings is 1. The molecule has 1 rings (SSSR count). The Morgan fingerprint density at radius 1 is 1.40 bits per heavy atom. The molecule has 0 unspecified atom stereocenters. The maximum Gasteiger partial charge on any atom is 0.317 e. The van der Waals surface area contributed by atoms with Crippen LogP contribution in [0, 0.1) is 0 Å². The Labute approximate surface area is 124 Å². The van der Waals surface area contributed by atoms with E-state index in [1.807, 2.05) is 16.8 Å². The summed E-state index contributed by atoms with van der Waals surface area (Å²) in [5.74, 6) is 0.0722. The number of hydrogen-bond acceptors (Lipinski definition) is 4. The Bertz CT molecular complexity index is 500. The number of nitrogens with zero attached hydrogens (tertiary/aromatic N) is 1. The molecule has 0 saturated carbocycles. The Balaban J connectivity index is 2.17. The highest BCUT2D eigenvalue weighted by molar-refractivity contribution is 7.89. The molecular formula is C12H21N3O3S2. The first kappa shape index (κ1) is 16.9. The molecule has 1 heterocycles. The van der Waals surface area contributed by atoms with E-state index in [2.05, 4.69) is 10.0 Å². The van der Waals surface area contributed by atoms with Crippen molar-refractivity contribution in [2.75, 3.05) is 25.9 Å². The van der Waals surface area contributed by atoms with Gasteiger partial charge < -0.3 is 10.2 Å². The molecule has 0 atom stereocenters. The zero-order valence-electron chi connectivity index (χ0n) is 11.8. The zero-order valence-corrected chi connectivity index (χ0v) is 13.4. The third-order valence-corrected chi connectivity index (χ3v) is 4.81. The highest BCUT2D eigenvalue weighted by Gasteiger charge is 2.09. The van der Waals surface area contributed by atoms with Gasteiger partial charge in [-0.2, -0.15) is 11.3 Å². The third kappa shape index (κ3) is 6.36. The number of carbonyl (C=O) groups excluding carboxylic acids is 1. The van der Waals surface area contributed by atoms with Gasteiger partial charge in [0.2, 0.25) is 10.0 Å². The fraction of sp³-hybridized carbons (Fsp3) is 0.583. The lowest BCUT2D eigenvalue weighted by atomic mass is 10.3. The number of rotatable bonds is 8. The molecule has 0 aliphatic heterocycles. The summed E-state index contributed by atoms with van der Waals surface area (Å²) in [5, 5.41) is 6.73. The Morgan fingerprint density at radius 3 is 2.75 bits per heavy atom. The lowest BCUT2D eigenvalue weighted by Gasteiger charge is -2.17. The summed E-state index contributed by atoms with van der Waals surface area (Å²) in [6.45, 7) is 2.94. The first-order valence-corrected chi connectivity index (χ1v) is 9.01. The van der Waals surface area contributed by atoms with Crippen molar-refractivity contribution in [1.29, 1.82) is 0 Å². The van der Waals surface area contributed by atoms with Gasteiger partial charge in [-0.05, 0) is 35.7 Å². The van der Waals surface area contributed by atoms with E-state index in [0.717, 1.165) is 5.56 Å². The fourth-order valence-corrected chi connectivity index (χ4v) is 2.80. The van der Waals surface area contributed by atoms with Gasteiger partial charge in [0.1, 0.15) is 0 Å². The molecule has 8 heteroatoms. The maximum absolute atomic E-state index is 11.8. The summed E-state index contributed by atoms with van der Waals surface area (Å²) in [7, 11) is -1.41. The predicted molar refractivity (Wildman–Crippen MR) is 81.3 cm³/mol. The largest absolute Gasteiger partial charge is 0.338 e. The van der Waals surface area contributed by atoms with Crippen LogP contribution in [0.4, 0.5) is 4.79 Å². The molecule has 20 heavy (non-hydrogen) atoms. The molecule has 2 amide bonds. The predicted octanol–water partition coefficient (Wildman–Crippen LogP) is 1.22. The van der Waals surface area contributed by atoms with Gasteiger partial charge in [-0.3, -0.25) is 0 Å². The van der Waals surface area contributed by atoms with E-state index < -0.39 is 10.0 Å². The molecule has 1 aromatic rings. The van der Waals surface area contributed by atoms with Gasteiger partial charge in [-0.25, -0.2) is 17.9 Å². The van der Waals surface area contributed by atoms with Gasteiger partial charge >= 0.3 is 6.03 Å². The standard InChI is InChI=1S/C12H21N3O3S2/c1-3-20(17,18)14-7-4-6-13-12(16)15(2)9-11-5-8-19-10-11/h5,8,10,14H,3-4,6-7,9H2,1-2H3,(H,13,16). The smallest absolute Gasteiger partial charge is 0.317 e. The number of nitrogens with one attached hydrogen (secondary N) is 2. The van der Waals surface area contributed by atoms with Crippen LogP contribution in [0.2, 0.25) is 0 Å². The summed E-state index contributed by atoms with van der Waals surface area (Å²) < 4.78 is 24.8. The first-order valence-electron chi connectivity index (χ1n) is 6.42. The summed E-state index contributed by atoms with van der Waals surface area (Å²) in [6, 6.07) is 1.82. The minimum Gasteiger partial charge on any atom is -0.338 e. The fourth-order valence-electron chi connectivity index (χ4n) is 1.48. The highest BCUT2D eigenvalue weighted by atomic mass is 32.2. The van der Waals surface area contributed by atoms with Gasteiger partial charge in [-0.15, -0.1) is 0 Å². The molecule has 0 saturated heterocycles. The van der Waals surface area contributed by atoms with Gasteiger partial charge in [0, 0.05) is 26.7 Å². The van der Waals surface area contributed by atoms with Crippen molar-refractivity contribution < 1.29 is 13.2 Å². The lowest BCUT2D eigenvalue weighted by Crippen LogP contribution is -2.38. The minimum absolute atomic E-state index is 0.0722. The second kappa shape index (κ2) is 8.23. The second-order valence-electron chi connectivity index (χ2n) is 4.37. The van der Waals surface area contributed by atoms with E-state index in [1.165, 1.54) is 0 Å². The second-order valence-corrected chi connectivity index (χ2v) is 7.25. The zero-order chi connectivity index (χ0) is 15.0. The number of carbonyl (C=O) groups is 1. The molecule has 0 radical (unpaired) electrons. The van der Waals surface area contributed by atoms with Crippen LogP contribution >= 0.6 is 11.3 Å². The van der Waals surface area contributed by atoms with Crippen molar-refractivity contribution in [3.05, 3.63) is 22.4 Å². The molecule has 0 aliphatic carbocycles. The molecule has 0 aromatic carbocycles. The number of urea groups is 1. The van der Waals surface area contributed by atoms with Crippen LogP contribution in [0.5, 0.6) is 0 Å². The van der Waals surface area contributed by atoms with Crippen LogP contribution in [-0.4, -0.2) is 45.2 Å². The minimum atomic E-state index is -3.14. The molecule has 0 fully saturated rings. The van der Waals surface area contributed by atoms with Crippen LogP contribution in [0.25, 0.3) is 0 Å². The first-order chi connectivity index (χ1) is 9.44. The number of amides is 2. The van der Waals surface area contributed by atoms with Crippen molar-refractivity contribution in [2.24, 2.45) is 0 Å². The molecule has 1 aromatic heterocycles. The van der Waals surface area contributed by atoms with Crippen LogP contribution in [0.3, 0.4) is 0 Å². The summed E-state index contributed by atoms with van der Waals surface area (Å²) in [4.78, 5) is 13.4. The number of sulfonamides is 1. The summed E-state index contributed by atoms with van der Waals surface area (Å²) in [5.41, 5.74) is 1.10. The van der Waals surface area contributed by atoms with E-state index in [0.29, 0.717) is 26.1 Å². The Hall–Kier alpha value is -1.12. The molecule has 0 bridgehead atoms. The van der Waals surface area contributed by atoms with Crippen LogP contribution in [-0.2, 0) is 16.6 Å². The van der Waals surface area contributed by atoms with Gasteiger partial charge in [0.25, 0.3) is 0 Å². The van der Waals surface area contributed by atoms with Crippen LogP contribution in [0.15, 0.2) is 16.8 Å². The van der Waals surface area contributed by atoms with Crippen molar-refractivity contribution in [3.8, 4) is 0 Å². The summed E-state index contributed by atoms with van der Waals surface area (Å²) >= 11 is 1.60. The van der Waals surface area contributed by atoms with Gasteiger partial charge in [0.05, 0.1) is 5.75 Å². The quantitative estimate of drug-likeness (QED) is 0.707. The molecule has 0 aliphatic rings. The topological polar surface area (TPSA) is 78.5 Å². The van der Waals surface area contributed by atoms with E-state index in [4.69, 9.17) is 0 Å².